The van der Waals surface area contributed by atoms with Crippen LogP contribution in [0.25, 0.3) is 0 Å². The van der Waals surface area contributed by atoms with Crippen LogP contribution in [0, 0.1) is 0 Å². The van der Waals surface area contributed by atoms with Crippen molar-refractivity contribution >= 4 is 5.95 Å². The summed E-state index contributed by atoms with van der Waals surface area (Å²) in [4.78, 5) is 10.7. The van der Waals surface area contributed by atoms with E-state index < -0.39 is 0 Å². The van der Waals surface area contributed by atoms with Gasteiger partial charge in [-0.05, 0) is 19.3 Å². The standard InChI is InChI=1S/C10H16N4/c1-14(9-3-2-4-9)10-12-6-8(5-11)7-13-10/h6-7,9H,2-5,11H2,1H3. The highest BCUT2D eigenvalue weighted by Crippen LogP contribution is 2.25. The van der Waals surface area contributed by atoms with Gasteiger partial charge in [-0.1, -0.05) is 0 Å². The summed E-state index contributed by atoms with van der Waals surface area (Å²) in [6.45, 7) is 0.507. The van der Waals surface area contributed by atoms with E-state index in [4.69, 9.17) is 5.73 Å². The fraction of sp³-hybridized carbons (Fsp3) is 0.600. The fourth-order valence-electron chi connectivity index (χ4n) is 1.57. The summed E-state index contributed by atoms with van der Waals surface area (Å²) in [5.41, 5.74) is 6.46. The van der Waals surface area contributed by atoms with Crippen molar-refractivity contribution in [1.82, 2.24) is 9.97 Å². The van der Waals surface area contributed by atoms with E-state index in [1.54, 1.807) is 12.4 Å². The minimum Gasteiger partial charge on any atom is -0.341 e. The second kappa shape index (κ2) is 3.92. The van der Waals surface area contributed by atoms with Gasteiger partial charge in [-0.15, -0.1) is 0 Å². The Kier molecular flexibility index (Phi) is 2.63. The maximum absolute atomic E-state index is 5.48. The SMILES string of the molecule is CN(c1ncc(CN)cn1)C1CCC1. The number of rotatable bonds is 3. The monoisotopic (exact) mass is 192 g/mol. The Morgan fingerprint density at radius 2 is 2.07 bits per heavy atom. The Morgan fingerprint density at radius 3 is 2.50 bits per heavy atom. The predicted octanol–water partition coefficient (Wildman–Crippen LogP) is 0.924. The van der Waals surface area contributed by atoms with Gasteiger partial charge in [0.05, 0.1) is 0 Å². The first-order valence-electron chi connectivity index (χ1n) is 5.05. The van der Waals surface area contributed by atoms with Crippen molar-refractivity contribution in [2.45, 2.75) is 31.8 Å². The van der Waals surface area contributed by atoms with Gasteiger partial charge in [0.15, 0.2) is 0 Å². The number of nitrogens with zero attached hydrogens (tertiary/aromatic N) is 3. The third kappa shape index (κ3) is 1.70. The van der Waals surface area contributed by atoms with Crippen LogP contribution in [0.5, 0.6) is 0 Å². The van der Waals surface area contributed by atoms with Crippen LogP contribution < -0.4 is 10.6 Å². The first kappa shape index (κ1) is 9.40. The molecule has 1 heterocycles. The third-order valence-electron chi connectivity index (χ3n) is 2.87. The highest BCUT2D eigenvalue weighted by Gasteiger charge is 2.23. The van der Waals surface area contributed by atoms with Crippen molar-refractivity contribution in [3.05, 3.63) is 18.0 Å². The van der Waals surface area contributed by atoms with E-state index in [9.17, 15) is 0 Å². The third-order valence-corrected chi connectivity index (χ3v) is 2.87. The molecule has 2 rings (SSSR count). The second-order valence-electron chi connectivity index (χ2n) is 3.79. The molecule has 0 bridgehead atoms. The van der Waals surface area contributed by atoms with Crippen LogP contribution in [0.3, 0.4) is 0 Å². The maximum Gasteiger partial charge on any atom is 0.225 e. The fourth-order valence-corrected chi connectivity index (χ4v) is 1.57. The van der Waals surface area contributed by atoms with Gasteiger partial charge < -0.3 is 10.6 Å². The Labute approximate surface area is 84.2 Å². The summed E-state index contributed by atoms with van der Waals surface area (Å²) in [7, 11) is 2.06. The Morgan fingerprint density at radius 1 is 1.43 bits per heavy atom. The first-order chi connectivity index (χ1) is 6.81. The van der Waals surface area contributed by atoms with Crippen LogP contribution in [0.2, 0.25) is 0 Å². The molecule has 4 nitrogen and oxygen atoms in total. The van der Waals surface area contributed by atoms with Gasteiger partial charge in [-0.2, -0.15) is 0 Å². The lowest BCUT2D eigenvalue weighted by molar-refractivity contribution is 0.397. The molecule has 1 fully saturated rings. The van der Waals surface area contributed by atoms with Crippen LogP contribution in [-0.2, 0) is 6.54 Å². The van der Waals surface area contributed by atoms with Gasteiger partial charge in [-0.25, -0.2) is 9.97 Å². The van der Waals surface area contributed by atoms with Gasteiger partial charge in [0, 0.05) is 37.6 Å². The number of nitrogens with two attached hydrogens (primary N) is 1. The molecule has 76 valence electrons. The molecule has 0 amide bonds. The van der Waals surface area contributed by atoms with Crippen LogP contribution in [0.15, 0.2) is 12.4 Å². The second-order valence-corrected chi connectivity index (χ2v) is 3.79. The van der Waals surface area contributed by atoms with E-state index in [2.05, 4.69) is 21.9 Å². The molecule has 1 aromatic rings. The summed E-state index contributed by atoms with van der Waals surface area (Å²) >= 11 is 0. The van der Waals surface area contributed by atoms with Gasteiger partial charge in [0.2, 0.25) is 5.95 Å². The van der Waals surface area contributed by atoms with E-state index in [1.807, 2.05) is 0 Å². The quantitative estimate of drug-likeness (QED) is 0.774. The average molecular weight is 192 g/mol. The van der Waals surface area contributed by atoms with E-state index in [1.165, 1.54) is 19.3 Å². The van der Waals surface area contributed by atoms with Crippen LogP contribution in [0.4, 0.5) is 5.95 Å². The summed E-state index contributed by atoms with van der Waals surface area (Å²) in [6, 6.07) is 0.638. The van der Waals surface area contributed by atoms with Crippen molar-refractivity contribution in [3.63, 3.8) is 0 Å². The van der Waals surface area contributed by atoms with Gasteiger partial charge in [-0.3, -0.25) is 0 Å². The van der Waals surface area contributed by atoms with E-state index in [0.29, 0.717) is 12.6 Å². The minimum atomic E-state index is 0.507. The number of aromatic nitrogens is 2. The lowest BCUT2D eigenvalue weighted by atomic mass is 9.92. The minimum absolute atomic E-state index is 0.507. The molecular formula is C10H16N4. The van der Waals surface area contributed by atoms with Crippen LogP contribution in [0.1, 0.15) is 24.8 Å². The maximum atomic E-state index is 5.48. The van der Waals surface area contributed by atoms with Gasteiger partial charge >= 0.3 is 0 Å². The van der Waals surface area contributed by atoms with Crippen LogP contribution in [-0.4, -0.2) is 23.1 Å². The van der Waals surface area contributed by atoms with Gasteiger partial charge in [0.1, 0.15) is 0 Å². The Bertz CT molecular complexity index is 291. The smallest absolute Gasteiger partial charge is 0.225 e. The predicted molar refractivity (Wildman–Crippen MR) is 56.0 cm³/mol. The zero-order valence-electron chi connectivity index (χ0n) is 8.48. The zero-order valence-corrected chi connectivity index (χ0v) is 8.48. The molecule has 1 saturated carbocycles. The highest BCUT2D eigenvalue weighted by atomic mass is 15.3. The van der Waals surface area contributed by atoms with Crippen molar-refractivity contribution in [2.75, 3.05) is 11.9 Å². The number of hydrogen-bond acceptors (Lipinski definition) is 4. The van der Waals surface area contributed by atoms with Crippen molar-refractivity contribution in [2.24, 2.45) is 5.73 Å². The lowest BCUT2D eigenvalue weighted by Gasteiger charge is -2.34. The molecule has 0 unspecified atom stereocenters. The summed E-state index contributed by atoms with van der Waals surface area (Å²) in [6.07, 6.45) is 7.46. The molecule has 0 aromatic carbocycles. The zero-order chi connectivity index (χ0) is 9.97. The Hall–Kier alpha value is -1.16. The molecule has 0 spiro atoms. The summed E-state index contributed by atoms with van der Waals surface area (Å²) in [5, 5.41) is 0. The molecule has 4 heteroatoms. The van der Waals surface area contributed by atoms with Crippen LogP contribution >= 0.6 is 0 Å². The van der Waals surface area contributed by atoms with Crippen molar-refractivity contribution < 1.29 is 0 Å². The Balaban J connectivity index is 2.07. The molecule has 0 radical (unpaired) electrons. The topological polar surface area (TPSA) is 55.0 Å². The molecular weight excluding hydrogens is 176 g/mol. The molecule has 1 aromatic heterocycles. The van der Waals surface area contributed by atoms with Gasteiger partial charge in [0.25, 0.3) is 0 Å². The number of hydrogen-bond donors (Lipinski definition) is 1. The van der Waals surface area contributed by atoms with E-state index >= 15 is 0 Å². The van der Waals surface area contributed by atoms with Crippen molar-refractivity contribution in [1.29, 1.82) is 0 Å². The normalized spacial score (nSPS) is 16.4. The van der Waals surface area contributed by atoms with E-state index in [-0.39, 0.29) is 0 Å². The average Bonchev–Trinajstić information content (AvgIpc) is 2.15. The summed E-state index contributed by atoms with van der Waals surface area (Å²) in [5.74, 6) is 0.812. The molecule has 2 N–H and O–H groups in total. The molecule has 1 aliphatic rings. The molecule has 0 atom stereocenters. The largest absolute Gasteiger partial charge is 0.341 e. The molecule has 1 aliphatic carbocycles. The molecule has 14 heavy (non-hydrogen) atoms. The van der Waals surface area contributed by atoms with E-state index in [0.717, 1.165) is 11.5 Å². The molecule has 0 saturated heterocycles. The summed E-state index contributed by atoms with van der Waals surface area (Å²) < 4.78 is 0. The lowest BCUT2D eigenvalue weighted by Crippen LogP contribution is -2.38. The number of anilines is 1. The molecule has 0 aliphatic heterocycles. The first-order valence-corrected chi connectivity index (χ1v) is 5.05. The van der Waals surface area contributed by atoms with Crippen molar-refractivity contribution in [3.8, 4) is 0 Å². The highest BCUT2D eigenvalue weighted by molar-refractivity contribution is 5.31.